The zero-order valence-corrected chi connectivity index (χ0v) is 12.9. The number of hydrogen-bond acceptors (Lipinski definition) is 3. The number of rotatable bonds is 6. The van der Waals surface area contributed by atoms with Crippen molar-refractivity contribution in [2.24, 2.45) is 5.92 Å². The molecule has 6 heteroatoms. The van der Waals surface area contributed by atoms with Gasteiger partial charge in [-0.05, 0) is 53.2 Å². The van der Waals surface area contributed by atoms with Crippen molar-refractivity contribution in [3.8, 4) is 0 Å². The molecule has 1 saturated carbocycles. The summed E-state index contributed by atoms with van der Waals surface area (Å²) in [5, 5.41) is 10.9. The molecule has 0 spiro atoms. The third kappa shape index (κ3) is 3.56. The molecule has 108 valence electrons. The predicted octanol–water partition coefficient (Wildman–Crippen LogP) is 3.62. The molecule has 5 nitrogen and oxygen atoms in total. The van der Waals surface area contributed by atoms with Crippen LogP contribution in [0.15, 0.2) is 22.7 Å². The fourth-order valence-electron chi connectivity index (χ4n) is 2.13. The van der Waals surface area contributed by atoms with E-state index in [9.17, 15) is 14.9 Å². The Labute approximate surface area is 126 Å². The highest BCUT2D eigenvalue weighted by Crippen LogP contribution is 2.31. The van der Waals surface area contributed by atoms with Gasteiger partial charge in [-0.1, -0.05) is 6.92 Å². The molecule has 0 saturated heterocycles. The van der Waals surface area contributed by atoms with Gasteiger partial charge in [0.05, 0.1) is 9.40 Å². The first-order chi connectivity index (χ1) is 9.52. The Morgan fingerprint density at radius 2 is 2.20 bits per heavy atom. The summed E-state index contributed by atoms with van der Waals surface area (Å²) in [7, 11) is 0. The van der Waals surface area contributed by atoms with E-state index < -0.39 is 4.92 Å². The van der Waals surface area contributed by atoms with E-state index in [1.165, 1.54) is 18.9 Å². The normalized spacial score (nSPS) is 14.1. The van der Waals surface area contributed by atoms with Gasteiger partial charge in [0, 0.05) is 24.7 Å². The number of nitro groups is 1. The SMILES string of the molecule is CCCN(CC1CC1)C(=O)c1ccc(Br)c([N+](=O)[O-])c1. The summed E-state index contributed by atoms with van der Waals surface area (Å²) < 4.78 is 0.392. The molecule has 0 aliphatic heterocycles. The lowest BCUT2D eigenvalue weighted by Crippen LogP contribution is -2.33. The highest BCUT2D eigenvalue weighted by atomic mass is 79.9. The van der Waals surface area contributed by atoms with Crippen LogP contribution in [-0.4, -0.2) is 28.8 Å². The van der Waals surface area contributed by atoms with Crippen LogP contribution in [0, 0.1) is 16.0 Å². The van der Waals surface area contributed by atoms with E-state index in [1.807, 2.05) is 11.8 Å². The summed E-state index contributed by atoms with van der Waals surface area (Å²) in [4.78, 5) is 24.7. The summed E-state index contributed by atoms with van der Waals surface area (Å²) in [6.45, 7) is 3.48. The lowest BCUT2D eigenvalue weighted by Gasteiger charge is -2.22. The first-order valence-electron chi connectivity index (χ1n) is 6.76. The molecule has 2 rings (SSSR count). The Balaban J connectivity index is 2.21. The predicted molar refractivity (Wildman–Crippen MR) is 79.7 cm³/mol. The van der Waals surface area contributed by atoms with Crippen LogP contribution in [0.2, 0.25) is 0 Å². The van der Waals surface area contributed by atoms with Crippen molar-refractivity contribution in [3.05, 3.63) is 38.3 Å². The van der Waals surface area contributed by atoms with E-state index in [1.54, 1.807) is 12.1 Å². The topological polar surface area (TPSA) is 63.5 Å². The molecule has 1 aromatic carbocycles. The van der Waals surface area contributed by atoms with Crippen molar-refractivity contribution in [2.45, 2.75) is 26.2 Å². The Hall–Kier alpha value is -1.43. The first kappa shape index (κ1) is 15.0. The van der Waals surface area contributed by atoms with E-state index in [4.69, 9.17) is 0 Å². The van der Waals surface area contributed by atoms with Crippen LogP contribution in [0.3, 0.4) is 0 Å². The van der Waals surface area contributed by atoms with Crippen LogP contribution >= 0.6 is 15.9 Å². The average molecular weight is 341 g/mol. The average Bonchev–Trinajstić information content (AvgIpc) is 3.21. The monoisotopic (exact) mass is 340 g/mol. The molecule has 20 heavy (non-hydrogen) atoms. The van der Waals surface area contributed by atoms with Gasteiger partial charge in [0.15, 0.2) is 0 Å². The number of nitrogens with zero attached hydrogens (tertiary/aromatic N) is 2. The van der Waals surface area contributed by atoms with Crippen molar-refractivity contribution in [2.75, 3.05) is 13.1 Å². The second kappa shape index (κ2) is 6.35. The maximum absolute atomic E-state index is 12.5. The van der Waals surface area contributed by atoms with E-state index in [0.717, 1.165) is 13.0 Å². The van der Waals surface area contributed by atoms with Crippen LogP contribution in [0.25, 0.3) is 0 Å². The number of carbonyl (C=O) groups excluding carboxylic acids is 1. The Bertz CT molecular complexity index is 529. The summed E-state index contributed by atoms with van der Waals surface area (Å²) in [5.74, 6) is 0.491. The van der Waals surface area contributed by atoms with Gasteiger partial charge in [-0.25, -0.2) is 0 Å². The van der Waals surface area contributed by atoms with Gasteiger partial charge in [-0.2, -0.15) is 0 Å². The molecular formula is C14H17BrN2O3. The Kier molecular flexibility index (Phi) is 4.75. The van der Waals surface area contributed by atoms with E-state index >= 15 is 0 Å². The summed E-state index contributed by atoms with van der Waals surface area (Å²) >= 11 is 3.13. The standard InChI is InChI=1S/C14H17BrN2O3/c1-2-7-16(9-10-3-4-10)14(18)11-5-6-12(15)13(8-11)17(19)20/h5-6,8,10H,2-4,7,9H2,1H3. The number of hydrogen-bond donors (Lipinski definition) is 0. The maximum Gasteiger partial charge on any atom is 0.284 e. The molecule has 1 fully saturated rings. The molecule has 0 heterocycles. The first-order valence-corrected chi connectivity index (χ1v) is 7.55. The largest absolute Gasteiger partial charge is 0.338 e. The lowest BCUT2D eigenvalue weighted by atomic mass is 10.1. The van der Waals surface area contributed by atoms with Gasteiger partial charge in [0.1, 0.15) is 0 Å². The number of nitro benzene ring substituents is 1. The zero-order valence-electron chi connectivity index (χ0n) is 11.3. The minimum atomic E-state index is -0.480. The molecule has 0 aromatic heterocycles. The summed E-state index contributed by atoms with van der Waals surface area (Å²) in [6.07, 6.45) is 3.24. The zero-order chi connectivity index (χ0) is 14.7. The Morgan fingerprint density at radius 3 is 2.75 bits per heavy atom. The Morgan fingerprint density at radius 1 is 1.50 bits per heavy atom. The minimum Gasteiger partial charge on any atom is -0.338 e. The lowest BCUT2D eigenvalue weighted by molar-refractivity contribution is -0.385. The highest BCUT2D eigenvalue weighted by Gasteiger charge is 2.27. The van der Waals surface area contributed by atoms with Crippen LogP contribution < -0.4 is 0 Å². The van der Waals surface area contributed by atoms with Gasteiger partial charge in [0.2, 0.25) is 0 Å². The third-order valence-electron chi connectivity index (χ3n) is 3.35. The van der Waals surface area contributed by atoms with Gasteiger partial charge < -0.3 is 4.90 Å². The van der Waals surface area contributed by atoms with Crippen molar-refractivity contribution >= 4 is 27.5 Å². The summed E-state index contributed by atoms with van der Waals surface area (Å²) in [5.41, 5.74) is 0.313. The van der Waals surface area contributed by atoms with E-state index in [-0.39, 0.29) is 11.6 Å². The molecule has 0 bridgehead atoms. The molecule has 0 atom stereocenters. The number of halogens is 1. The van der Waals surface area contributed by atoms with Gasteiger partial charge in [-0.3, -0.25) is 14.9 Å². The number of amides is 1. The van der Waals surface area contributed by atoms with Gasteiger partial charge in [0.25, 0.3) is 11.6 Å². The molecule has 1 aliphatic rings. The van der Waals surface area contributed by atoms with Crippen LogP contribution in [0.5, 0.6) is 0 Å². The molecule has 1 amide bonds. The number of carbonyl (C=O) groups is 1. The van der Waals surface area contributed by atoms with E-state index in [0.29, 0.717) is 22.5 Å². The third-order valence-corrected chi connectivity index (χ3v) is 4.02. The van der Waals surface area contributed by atoms with Crippen molar-refractivity contribution in [3.63, 3.8) is 0 Å². The molecule has 0 radical (unpaired) electrons. The maximum atomic E-state index is 12.5. The molecule has 1 aliphatic carbocycles. The molecular weight excluding hydrogens is 324 g/mol. The second-order valence-corrected chi connectivity index (χ2v) is 5.97. The fourth-order valence-corrected chi connectivity index (χ4v) is 2.52. The van der Waals surface area contributed by atoms with Crippen molar-refractivity contribution in [1.29, 1.82) is 0 Å². The quantitative estimate of drug-likeness (QED) is 0.586. The van der Waals surface area contributed by atoms with E-state index in [2.05, 4.69) is 15.9 Å². The van der Waals surface area contributed by atoms with Gasteiger partial charge in [-0.15, -0.1) is 0 Å². The van der Waals surface area contributed by atoms with Crippen molar-refractivity contribution < 1.29 is 9.72 Å². The number of benzene rings is 1. The highest BCUT2D eigenvalue weighted by molar-refractivity contribution is 9.10. The minimum absolute atomic E-state index is 0.0706. The molecule has 1 aromatic rings. The van der Waals surface area contributed by atoms with Crippen LogP contribution in [0.4, 0.5) is 5.69 Å². The van der Waals surface area contributed by atoms with Crippen molar-refractivity contribution in [1.82, 2.24) is 4.90 Å². The smallest absolute Gasteiger partial charge is 0.284 e. The molecule has 0 unspecified atom stereocenters. The fraction of sp³-hybridized carbons (Fsp3) is 0.500. The van der Waals surface area contributed by atoms with Gasteiger partial charge >= 0.3 is 0 Å². The van der Waals surface area contributed by atoms with Crippen LogP contribution in [0.1, 0.15) is 36.5 Å². The molecule has 0 N–H and O–H groups in total. The van der Waals surface area contributed by atoms with Crippen LogP contribution in [-0.2, 0) is 0 Å². The second-order valence-electron chi connectivity index (χ2n) is 5.12. The summed E-state index contributed by atoms with van der Waals surface area (Å²) in [6, 6.07) is 4.55.